The van der Waals surface area contributed by atoms with Gasteiger partial charge < -0.3 is 9.88 Å². The van der Waals surface area contributed by atoms with Gasteiger partial charge in [0.1, 0.15) is 0 Å². The van der Waals surface area contributed by atoms with Crippen LogP contribution in [0, 0.1) is 10.5 Å². The topological polar surface area (TPSA) is 29.9 Å². The third-order valence-corrected chi connectivity index (χ3v) is 3.82. The number of nitrogens with one attached hydrogen (secondary N) is 1. The van der Waals surface area contributed by atoms with E-state index in [1.807, 2.05) is 18.7 Å². The molecule has 0 aliphatic heterocycles. The number of benzene rings is 1. The zero-order valence-electron chi connectivity index (χ0n) is 9.86. The highest BCUT2D eigenvalue weighted by atomic mass is 127. The quantitative estimate of drug-likeness (QED) is 0.668. The Morgan fingerprint density at radius 1 is 1.41 bits per heavy atom. The number of aromatic nitrogens is 2. The standard InChI is InChI=1S/C13H16IN3/c1-11-3-4-12(9-13(11)14)16-5-2-7-17-8-6-15-10-17/h3-4,6,8-10,16H,2,5,7H2,1H3. The molecule has 1 aromatic heterocycles. The van der Waals surface area contributed by atoms with Crippen LogP contribution in [0.1, 0.15) is 12.0 Å². The maximum Gasteiger partial charge on any atom is 0.0945 e. The van der Waals surface area contributed by atoms with Crippen molar-refractivity contribution in [2.24, 2.45) is 0 Å². The second kappa shape index (κ2) is 6.05. The summed E-state index contributed by atoms with van der Waals surface area (Å²) in [6.45, 7) is 4.12. The SMILES string of the molecule is Cc1ccc(NCCCn2ccnc2)cc1I. The molecule has 0 saturated heterocycles. The van der Waals surface area contributed by atoms with E-state index >= 15 is 0 Å². The van der Waals surface area contributed by atoms with Gasteiger partial charge in [0.05, 0.1) is 6.33 Å². The van der Waals surface area contributed by atoms with Crippen LogP contribution >= 0.6 is 22.6 Å². The fourth-order valence-electron chi connectivity index (χ4n) is 1.62. The molecular formula is C13H16IN3. The van der Waals surface area contributed by atoms with Gasteiger partial charge in [-0.15, -0.1) is 0 Å². The van der Waals surface area contributed by atoms with Gasteiger partial charge >= 0.3 is 0 Å². The van der Waals surface area contributed by atoms with Crippen LogP contribution in [0.25, 0.3) is 0 Å². The number of imidazole rings is 1. The zero-order chi connectivity index (χ0) is 12.1. The van der Waals surface area contributed by atoms with Crippen molar-refractivity contribution in [1.82, 2.24) is 9.55 Å². The number of rotatable bonds is 5. The van der Waals surface area contributed by atoms with E-state index in [0.717, 1.165) is 19.5 Å². The molecule has 2 aromatic rings. The van der Waals surface area contributed by atoms with Gasteiger partial charge in [-0.3, -0.25) is 0 Å². The molecule has 0 bridgehead atoms. The molecule has 2 rings (SSSR count). The fraction of sp³-hybridized carbons (Fsp3) is 0.308. The minimum Gasteiger partial charge on any atom is -0.385 e. The van der Waals surface area contributed by atoms with Crippen LogP contribution in [0.15, 0.2) is 36.9 Å². The number of aryl methyl sites for hydroxylation is 2. The van der Waals surface area contributed by atoms with Crippen molar-refractivity contribution < 1.29 is 0 Å². The van der Waals surface area contributed by atoms with Crippen LogP contribution < -0.4 is 5.32 Å². The third kappa shape index (κ3) is 3.73. The summed E-state index contributed by atoms with van der Waals surface area (Å²) in [5.74, 6) is 0. The first kappa shape index (κ1) is 12.4. The predicted octanol–water partition coefficient (Wildman–Crippen LogP) is 3.30. The lowest BCUT2D eigenvalue weighted by Crippen LogP contribution is -2.05. The van der Waals surface area contributed by atoms with Crippen LogP contribution in [0.2, 0.25) is 0 Å². The molecule has 0 spiro atoms. The molecule has 0 unspecified atom stereocenters. The predicted molar refractivity (Wildman–Crippen MR) is 79.2 cm³/mol. The van der Waals surface area contributed by atoms with Crippen molar-refractivity contribution in [3.63, 3.8) is 0 Å². The Kier molecular flexibility index (Phi) is 4.42. The summed E-state index contributed by atoms with van der Waals surface area (Å²) in [5.41, 5.74) is 2.53. The monoisotopic (exact) mass is 341 g/mol. The molecule has 0 fully saturated rings. The van der Waals surface area contributed by atoms with Crippen LogP contribution in [0.3, 0.4) is 0 Å². The summed E-state index contributed by atoms with van der Waals surface area (Å²) in [6, 6.07) is 6.47. The molecule has 0 atom stereocenters. The van der Waals surface area contributed by atoms with Gasteiger partial charge in [-0.25, -0.2) is 4.98 Å². The summed E-state index contributed by atoms with van der Waals surface area (Å²) in [7, 11) is 0. The zero-order valence-corrected chi connectivity index (χ0v) is 12.0. The second-order valence-corrected chi connectivity index (χ2v) is 5.21. The molecule has 1 heterocycles. The molecule has 4 heteroatoms. The lowest BCUT2D eigenvalue weighted by atomic mass is 10.2. The van der Waals surface area contributed by atoms with Gasteiger partial charge in [0.2, 0.25) is 0 Å². The Balaban J connectivity index is 1.76. The van der Waals surface area contributed by atoms with Crippen LogP contribution in [0.5, 0.6) is 0 Å². The summed E-state index contributed by atoms with van der Waals surface area (Å²) < 4.78 is 3.41. The Morgan fingerprint density at radius 2 is 2.29 bits per heavy atom. The van der Waals surface area contributed by atoms with E-state index in [1.165, 1.54) is 14.8 Å². The maximum absolute atomic E-state index is 4.02. The summed E-state index contributed by atoms with van der Waals surface area (Å²) in [6.07, 6.45) is 6.76. The van der Waals surface area contributed by atoms with E-state index in [1.54, 1.807) is 0 Å². The van der Waals surface area contributed by atoms with E-state index in [9.17, 15) is 0 Å². The van der Waals surface area contributed by atoms with Crippen LogP contribution in [-0.2, 0) is 6.54 Å². The molecule has 0 aliphatic rings. The molecule has 3 nitrogen and oxygen atoms in total. The fourth-order valence-corrected chi connectivity index (χ4v) is 2.13. The lowest BCUT2D eigenvalue weighted by Gasteiger charge is -2.08. The van der Waals surface area contributed by atoms with Gasteiger partial charge in [-0.05, 0) is 53.6 Å². The Morgan fingerprint density at radius 3 is 3.00 bits per heavy atom. The first-order valence-corrected chi connectivity index (χ1v) is 6.79. The highest BCUT2D eigenvalue weighted by Crippen LogP contribution is 2.16. The maximum atomic E-state index is 4.02. The first-order chi connectivity index (χ1) is 8.25. The van der Waals surface area contributed by atoms with Crippen molar-refractivity contribution in [3.05, 3.63) is 46.1 Å². The van der Waals surface area contributed by atoms with Crippen molar-refractivity contribution in [2.45, 2.75) is 19.9 Å². The average Bonchev–Trinajstić information content (AvgIpc) is 2.82. The van der Waals surface area contributed by atoms with E-state index in [2.05, 4.69) is 62.6 Å². The van der Waals surface area contributed by atoms with Crippen molar-refractivity contribution in [3.8, 4) is 0 Å². The molecule has 0 radical (unpaired) electrons. The number of hydrogen-bond donors (Lipinski definition) is 1. The molecule has 0 aliphatic carbocycles. The van der Waals surface area contributed by atoms with Crippen molar-refractivity contribution in [1.29, 1.82) is 0 Å². The van der Waals surface area contributed by atoms with E-state index in [4.69, 9.17) is 0 Å². The number of hydrogen-bond acceptors (Lipinski definition) is 2. The minimum absolute atomic E-state index is 0.983. The van der Waals surface area contributed by atoms with Gasteiger partial charge in [0.25, 0.3) is 0 Å². The normalized spacial score (nSPS) is 10.5. The molecule has 1 N–H and O–H groups in total. The largest absolute Gasteiger partial charge is 0.385 e. The molecule has 0 amide bonds. The van der Waals surface area contributed by atoms with E-state index in [-0.39, 0.29) is 0 Å². The van der Waals surface area contributed by atoms with Crippen molar-refractivity contribution >= 4 is 28.3 Å². The van der Waals surface area contributed by atoms with Gasteiger partial charge in [0.15, 0.2) is 0 Å². The Labute approximate surface area is 115 Å². The number of anilines is 1. The molecule has 17 heavy (non-hydrogen) atoms. The summed E-state index contributed by atoms with van der Waals surface area (Å²) in [5, 5.41) is 3.44. The number of nitrogens with zero attached hydrogens (tertiary/aromatic N) is 2. The Bertz CT molecular complexity index is 466. The molecular weight excluding hydrogens is 325 g/mol. The molecule has 0 saturated carbocycles. The highest BCUT2D eigenvalue weighted by molar-refractivity contribution is 14.1. The lowest BCUT2D eigenvalue weighted by molar-refractivity contribution is 0.661. The second-order valence-electron chi connectivity index (χ2n) is 4.04. The van der Waals surface area contributed by atoms with E-state index < -0.39 is 0 Å². The van der Waals surface area contributed by atoms with Crippen molar-refractivity contribution in [2.75, 3.05) is 11.9 Å². The number of halogens is 1. The molecule has 1 aromatic carbocycles. The third-order valence-electron chi connectivity index (χ3n) is 2.65. The summed E-state index contributed by atoms with van der Waals surface area (Å²) in [4.78, 5) is 4.02. The molecule has 90 valence electrons. The van der Waals surface area contributed by atoms with Gasteiger partial charge in [-0.1, -0.05) is 6.07 Å². The first-order valence-electron chi connectivity index (χ1n) is 5.71. The average molecular weight is 341 g/mol. The Hall–Kier alpha value is -1.04. The summed E-state index contributed by atoms with van der Waals surface area (Å²) >= 11 is 2.37. The van der Waals surface area contributed by atoms with Gasteiger partial charge in [-0.2, -0.15) is 0 Å². The van der Waals surface area contributed by atoms with Gasteiger partial charge in [0, 0.05) is 34.7 Å². The van der Waals surface area contributed by atoms with E-state index in [0.29, 0.717) is 0 Å². The minimum atomic E-state index is 0.983. The smallest absolute Gasteiger partial charge is 0.0945 e. The highest BCUT2D eigenvalue weighted by Gasteiger charge is 1.97. The van der Waals surface area contributed by atoms with Crippen LogP contribution in [-0.4, -0.2) is 16.1 Å². The van der Waals surface area contributed by atoms with Crippen LogP contribution in [0.4, 0.5) is 5.69 Å².